The molecule has 2 nitrogen and oxygen atoms in total. The van der Waals surface area contributed by atoms with Gasteiger partial charge in [-0.2, -0.15) is 0 Å². The fourth-order valence-electron chi connectivity index (χ4n) is 3.20. The summed E-state index contributed by atoms with van der Waals surface area (Å²) in [6.45, 7) is 5.12. The fourth-order valence-corrected chi connectivity index (χ4v) is 3.97. The van der Waals surface area contributed by atoms with Crippen LogP contribution in [0.3, 0.4) is 0 Å². The molecule has 1 saturated carbocycles. The molecule has 116 valence electrons. The zero-order valence-corrected chi connectivity index (χ0v) is 14.6. The Hall–Kier alpha value is -0.830. The van der Waals surface area contributed by atoms with Crippen LogP contribution in [-0.4, -0.2) is 17.3 Å². The molecule has 1 aromatic rings. The standard InChI is InChI=1S/C18H26BrNO/c1-3-13(2)17(14-8-5-4-6-9-14)18(21)20-12-15-10-7-11-16(15)19/h4-6,8-9,13,15-17H,3,7,10-12H2,1-2H3,(H,20,21). The quantitative estimate of drug-likeness (QED) is 0.751. The van der Waals surface area contributed by atoms with Crippen LogP contribution in [0.15, 0.2) is 30.3 Å². The third-order valence-corrected chi connectivity index (χ3v) is 5.96. The summed E-state index contributed by atoms with van der Waals surface area (Å²) in [7, 11) is 0. The molecule has 21 heavy (non-hydrogen) atoms. The third-order valence-electron chi connectivity index (χ3n) is 4.76. The van der Waals surface area contributed by atoms with Gasteiger partial charge >= 0.3 is 0 Å². The van der Waals surface area contributed by atoms with Gasteiger partial charge in [-0.3, -0.25) is 4.79 Å². The first kappa shape index (κ1) is 16.5. The van der Waals surface area contributed by atoms with Gasteiger partial charge in [0.2, 0.25) is 5.91 Å². The second-order valence-electron chi connectivity index (χ2n) is 6.23. The largest absolute Gasteiger partial charge is 0.355 e. The van der Waals surface area contributed by atoms with Crippen molar-refractivity contribution in [3.8, 4) is 0 Å². The van der Waals surface area contributed by atoms with Crippen LogP contribution in [-0.2, 0) is 4.79 Å². The van der Waals surface area contributed by atoms with Crippen LogP contribution in [0.4, 0.5) is 0 Å². The van der Waals surface area contributed by atoms with E-state index < -0.39 is 0 Å². The highest BCUT2D eigenvalue weighted by molar-refractivity contribution is 9.09. The minimum atomic E-state index is -0.0358. The van der Waals surface area contributed by atoms with E-state index in [1.807, 2.05) is 18.2 Å². The van der Waals surface area contributed by atoms with Gasteiger partial charge in [-0.1, -0.05) is 73.0 Å². The molecular formula is C18H26BrNO. The van der Waals surface area contributed by atoms with E-state index in [4.69, 9.17) is 0 Å². The zero-order valence-electron chi connectivity index (χ0n) is 13.0. The average Bonchev–Trinajstić information content (AvgIpc) is 2.91. The molecule has 1 N–H and O–H groups in total. The summed E-state index contributed by atoms with van der Waals surface area (Å²) in [5.74, 6) is 1.09. The van der Waals surface area contributed by atoms with Gasteiger partial charge in [0.05, 0.1) is 5.92 Å². The number of amides is 1. The van der Waals surface area contributed by atoms with Crippen molar-refractivity contribution in [2.75, 3.05) is 6.54 Å². The number of halogens is 1. The van der Waals surface area contributed by atoms with Crippen molar-refractivity contribution >= 4 is 21.8 Å². The third kappa shape index (κ3) is 4.32. The van der Waals surface area contributed by atoms with Crippen molar-refractivity contribution in [3.05, 3.63) is 35.9 Å². The lowest BCUT2D eigenvalue weighted by Crippen LogP contribution is -2.36. The maximum absolute atomic E-state index is 12.7. The minimum absolute atomic E-state index is 0.0358. The monoisotopic (exact) mass is 351 g/mol. The minimum Gasteiger partial charge on any atom is -0.355 e. The Kier molecular flexibility index (Phi) is 6.28. The molecule has 4 atom stereocenters. The maximum Gasteiger partial charge on any atom is 0.227 e. The molecular weight excluding hydrogens is 326 g/mol. The normalized spacial score (nSPS) is 24.5. The second kappa shape index (κ2) is 7.98. The van der Waals surface area contributed by atoms with Crippen molar-refractivity contribution in [1.82, 2.24) is 5.32 Å². The van der Waals surface area contributed by atoms with Crippen LogP contribution >= 0.6 is 15.9 Å². The van der Waals surface area contributed by atoms with E-state index in [-0.39, 0.29) is 11.8 Å². The van der Waals surface area contributed by atoms with E-state index in [0.717, 1.165) is 18.5 Å². The first-order chi connectivity index (χ1) is 10.1. The summed E-state index contributed by atoms with van der Waals surface area (Å²) in [4.78, 5) is 13.2. The van der Waals surface area contributed by atoms with Crippen molar-refractivity contribution in [1.29, 1.82) is 0 Å². The van der Waals surface area contributed by atoms with E-state index in [1.165, 1.54) is 19.3 Å². The number of hydrogen-bond donors (Lipinski definition) is 1. The van der Waals surface area contributed by atoms with E-state index in [1.54, 1.807) is 0 Å². The topological polar surface area (TPSA) is 29.1 Å². The van der Waals surface area contributed by atoms with Gasteiger partial charge in [-0.15, -0.1) is 0 Å². The molecule has 2 rings (SSSR count). The molecule has 0 bridgehead atoms. The summed E-state index contributed by atoms with van der Waals surface area (Å²) < 4.78 is 0. The van der Waals surface area contributed by atoms with Crippen LogP contribution in [0.5, 0.6) is 0 Å². The molecule has 1 fully saturated rings. The molecule has 0 spiro atoms. The van der Waals surface area contributed by atoms with Gasteiger partial charge in [0, 0.05) is 11.4 Å². The number of carbonyl (C=O) groups excluding carboxylic acids is 1. The smallest absolute Gasteiger partial charge is 0.227 e. The molecule has 0 aliphatic heterocycles. The molecule has 0 aromatic heterocycles. The lowest BCUT2D eigenvalue weighted by Gasteiger charge is -2.24. The number of carbonyl (C=O) groups is 1. The number of hydrogen-bond acceptors (Lipinski definition) is 1. The number of benzene rings is 1. The van der Waals surface area contributed by atoms with Crippen molar-refractivity contribution in [3.63, 3.8) is 0 Å². The van der Waals surface area contributed by atoms with Crippen molar-refractivity contribution in [2.45, 2.75) is 50.3 Å². The highest BCUT2D eigenvalue weighted by Crippen LogP contribution is 2.31. The van der Waals surface area contributed by atoms with Gasteiger partial charge in [0.25, 0.3) is 0 Å². The summed E-state index contributed by atoms with van der Waals surface area (Å²) in [6, 6.07) is 10.2. The molecule has 1 amide bonds. The van der Waals surface area contributed by atoms with E-state index in [2.05, 4.69) is 47.2 Å². The zero-order chi connectivity index (χ0) is 15.2. The highest BCUT2D eigenvalue weighted by atomic mass is 79.9. The Bertz CT molecular complexity index is 448. The lowest BCUT2D eigenvalue weighted by atomic mass is 9.85. The number of alkyl halides is 1. The maximum atomic E-state index is 12.7. The van der Waals surface area contributed by atoms with Crippen LogP contribution in [0, 0.1) is 11.8 Å². The lowest BCUT2D eigenvalue weighted by molar-refractivity contribution is -0.123. The van der Waals surface area contributed by atoms with Crippen LogP contribution in [0.25, 0.3) is 0 Å². The second-order valence-corrected chi connectivity index (χ2v) is 7.40. The predicted octanol–water partition coefficient (Wildman–Crippen LogP) is 4.50. The Balaban J connectivity index is 2.01. The highest BCUT2D eigenvalue weighted by Gasteiger charge is 2.29. The molecule has 1 aliphatic rings. The SMILES string of the molecule is CCC(C)C(C(=O)NCC1CCCC1Br)c1ccccc1. The molecule has 0 heterocycles. The molecule has 1 aliphatic carbocycles. The first-order valence-corrected chi connectivity index (χ1v) is 9.01. The summed E-state index contributed by atoms with van der Waals surface area (Å²) >= 11 is 3.73. The average molecular weight is 352 g/mol. The fraction of sp³-hybridized carbons (Fsp3) is 0.611. The Labute approximate surface area is 136 Å². The van der Waals surface area contributed by atoms with Crippen molar-refractivity contribution in [2.24, 2.45) is 11.8 Å². The summed E-state index contributed by atoms with van der Waals surface area (Å²) in [5, 5.41) is 3.20. The number of rotatable bonds is 6. The predicted molar refractivity (Wildman–Crippen MR) is 91.7 cm³/mol. The Morgan fingerprint density at radius 1 is 1.33 bits per heavy atom. The van der Waals surface area contributed by atoms with E-state index in [0.29, 0.717) is 16.7 Å². The van der Waals surface area contributed by atoms with Crippen LogP contribution in [0.2, 0.25) is 0 Å². The molecule has 1 aromatic carbocycles. The Morgan fingerprint density at radius 2 is 2.05 bits per heavy atom. The van der Waals surface area contributed by atoms with Gasteiger partial charge in [-0.25, -0.2) is 0 Å². The molecule has 0 radical (unpaired) electrons. The van der Waals surface area contributed by atoms with Gasteiger partial charge in [0.15, 0.2) is 0 Å². The van der Waals surface area contributed by atoms with Gasteiger partial charge in [0.1, 0.15) is 0 Å². The van der Waals surface area contributed by atoms with Crippen molar-refractivity contribution < 1.29 is 4.79 Å². The van der Waals surface area contributed by atoms with Gasteiger partial charge < -0.3 is 5.32 Å². The van der Waals surface area contributed by atoms with E-state index in [9.17, 15) is 4.79 Å². The molecule has 0 saturated heterocycles. The van der Waals surface area contributed by atoms with Crippen LogP contribution < -0.4 is 5.32 Å². The van der Waals surface area contributed by atoms with Gasteiger partial charge in [-0.05, 0) is 30.2 Å². The van der Waals surface area contributed by atoms with E-state index >= 15 is 0 Å². The summed E-state index contributed by atoms with van der Waals surface area (Å²) in [5.41, 5.74) is 1.13. The summed E-state index contributed by atoms with van der Waals surface area (Å²) in [6.07, 6.45) is 4.73. The Morgan fingerprint density at radius 3 is 2.62 bits per heavy atom. The number of nitrogens with one attached hydrogen (secondary N) is 1. The first-order valence-electron chi connectivity index (χ1n) is 8.10. The molecule has 3 heteroatoms. The molecule has 4 unspecified atom stereocenters. The van der Waals surface area contributed by atoms with Crippen LogP contribution in [0.1, 0.15) is 51.0 Å².